The molecule has 2 heterocycles. The Balaban J connectivity index is 2.38. The molecule has 1 atom stereocenters. The molecule has 1 unspecified atom stereocenters. The largest absolute Gasteiger partial charge is 0.543 e. The Kier molecular flexibility index (Phi) is 5.24. The number of hydrogen-bond acceptors (Lipinski definition) is 8. The van der Waals surface area contributed by atoms with E-state index in [-0.39, 0.29) is 24.3 Å². The van der Waals surface area contributed by atoms with Crippen LogP contribution in [-0.2, 0) is 22.8 Å². The van der Waals surface area contributed by atoms with Crippen LogP contribution in [0.3, 0.4) is 0 Å². The van der Waals surface area contributed by atoms with Crippen molar-refractivity contribution in [3.63, 3.8) is 0 Å². The molecule has 0 spiro atoms. The molecule has 1 aromatic rings. The lowest BCUT2D eigenvalue weighted by Crippen LogP contribution is -2.56. The van der Waals surface area contributed by atoms with E-state index in [1.54, 1.807) is 6.07 Å². The minimum absolute atomic E-state index is 0.0376. The molecule has 9 heteroatoms. The third-order valence-corrected chi connectivity index (χ3v) is 6.23. The van der Waals surface area contributed by atoms with Gasteiger partial charge in [-0.25, -0.2) is 14.6 Å². The monoisotopic (exact) mass is 327 g/mol. The van der Waals surface area contributed by atoms with Gasteiger partial charge in [0.25, 0.3) is 0 Å². The van der Waals surface area contributed by atoms with Crippen molar-refractivity contribution in [2.45, 2.75) is 12.1 Å². The topological polar surface area (TPSA) is 93.2 Å². The lowest BCUT2D eigenvalue weighted by atomic mass is 10.2. The number of pyridine rings is 1. The molecule has 0 fully saturated rings. The summed E-state index contributed by atoms with van der Waals surface area (Å²) < 4.78 is 26.6. The summed E-state index contributed by atoms with van der Waals surface area (Å²) in [6.45, 7) is 0.0376. The summed E-state index contributed by atoms with van der Waals surface area (Å²) >= 11 is 0. The summed E-state index contributed by atoms with van der Waals surface area (Å²) in [6, 6.07) is 3.00. The maximum atomic E-state index is 12.3. The molecule has 0 N–H and O–H groups in total. The number of cyclic esters (lactones) is 2. The minimum Gasteiger partial charge on any atom is -0.462 e. The third kappa shape index (κ3) is 3.02. The molecule has 1 aliphatic heterocycles. The second-order valence-corrected chi connectivity index (χ2v) is 7.51. The van der Waals surface area contributed by atoms with Gasteiger partial charge in [-0.15, -0.1) is 0 Å². The normalized spacial score (nSPS) is 19.3. The molecular formula is C13H17NO7Si. The van der Waals surface area contributed by atoms with Crippen LogP contribution in [-0.4, -0.2) is 59.4 Å². The molecule has 0 bridgehead atoms. The lowest BCUT2D eigenvalue weighted by Gasteiger charge is -2.31. The number of carbonyl (C=O) groups excluding carboxylic acids is 2. The zero-order valence-electron chi connectivity index (χ0n) is 12.5. The molecule has 8 nitrogen and oxygen atoms in total. The summed E-state index contributed by atoms with van der Waals surface area (Å²) in [5, 5.41) is 0. The maximum absolute atomic E-state index is 12.3. The van der Waals surface area contributed by atoms with Crippen molar-refractivity contribution in [3.05, 3.63) is 29.6 Å². The third-order valence-electron chi connectivity index (χ3n) is 3.33. The van der Waals surface area contributed by atoms with Gasteiger partial charge in [-0.1, -0.05) is 0 Å². The Hall–Kier alpha value is -1.81. The van der Waals surface area contributed by atoms with E-state index in [2.05, 4.69) is 4.98 Å². The van der Waals surface area contributed by atoms with Crippen LogP contribution in [0.4, 0.5) is 0 Å². The summed E-state index contributed by atoms with van der Waals surface area (Å²) in [4.78, 5) is 28.2. The molecule has 0 saturated carbocycles. The number of carbonyl (C=O) groups is 2. The van der Waals surface area contributed by atoms with Crippen molar-refractivity contribution >= 4 is 20.7 Å². The van der Waals surface area contributed by atoms with Gasteiger partial charge in [0.1, 0.15) is 0 Å². The quantitative estimate of drug-likeness (QED) is 0.586. The zero-order chi connectivity index (χ0) is 16.2. The van der Waals surface area contributed by atoms with Crippen molar-refractivity contribution in [3.8, 4) is 0 Å². The van der Waals surface area contributed by atoms with Gasteiger partial charge in [-0.3, -0.25) is 0 Å². The lowest BCUT2D eigenvalue weighted by molar-refractivity contribution is 0.00539. The van der Waals surface area contributed by atoms with Crippen LogP contribution in [0.15, 0.2) is 18.3 Å². The van der Waals surface area contributed by atoms with Crippen molar-refractivity contribution in [1.29, 1.82) is 0 Å². The van der Waals surface area contributed by atoms with E-state index in [0.717, 1.165) is 0 Å². The fourth-order valence-corrected chi connectivity index (χ4v) is 4.22. The Labute approximate surface area is 128 Å². The molecule has 0 aliphatic carbocycles. The van der Waals surface area contributed by atoms with Crippen LogP contribution in [0, 0.1) is 0 Å². The second-order valence-electron chi connectivity index (χ2n) is 4.43. The molecule has 0 amide bonds. The number of fused-ring (bicyclic) bond motifs is 1. The van der Waals surface area contributed by atoms with E-state index >= 15 is 0 Å². The molecule has 1 aromatic heterocycles. The van der Waals surface area contributed by atoms with Crippen molar-refractivity contribution in [1.82, 2.24) is 4.98 Å². The Morgan fingerprint density at radius 3 is 2.50 bits per heavy atom. The van der Waals surface area contributed by atoms with E-state index in [4.69, 9.17) is 22.8 Å². The first-order valence-corrected chi connectivity index (χ1v) is 8.36. The molecule has 120 valence electrons. The minimum atomic E-state index is -3.24. The van der Waals surface area contributed by atoms with Gasteiger partial charge < -0.3 is 22.8 Å². The van der Waals surface area contributed by atoms with E-state index in [1.807, 2.05) is 0 Å². The Morgan fingerprint density at radius 2 is 1.86 bits per heavy atom. The number of aromatic nitrogens is 1. The molecule has 1 aliphatic rings. The summed E-state index contributed by atoms with van der Waals surface area (Å²) in [5.74, 6) is -1.37. The summed E-state index contributed by atoms with van der Waals surface area (Å²) in [7, 11) is 1.00. The van der Waals surface area contributed by atoms with Gasteiger partial charge >= 0.3 is 20.7 Å². The number of esters is 2. The predicted octanol–water partition coefficient (Wildman–Crippen LogP) is 0.585. The second kappa shape index (κ2) is 6.96. The summed E-state index contributed by atoms with van der Waals surface area (Å²) in [5.41, 5.74) is -0.848. The Morgan fingerprint density at radius 1 is 1.18 bits per heavy atom. The standard InChI is InChI=1S/C13H17NO7Si/c1-17-22(18-2,19-3)10-6-8-20-12(15)9-5-4-7-14-11(9)13(16)21-10/h4-5,7,10H,6,8H2,1-3H3. The molecular weight excluding hydrogens is 310 g/mol. The van der Waals surface area contributed by atoms with Crippen LogP contribution in [0.2, 0.25) is 0 Å². The van der Waals surface area contributed by atoms with Gasteiger partial charge in [0.2, 0.25) is 0 Å². The molecule has 0 saturated heterocycles. The van der Waals surface area contributed by atoms with Crippen molar-refractivity contribution < 1.29 is 32.3 Å². The fourth-order valence-electron chi connectivity index (χ4n) is 2.21. The van der Waals surface area contributed by atoms with Gasteiger partial charge in [0.05, 0.1) is 12.2 Å². The summed E-state index contributed by atoms with van der Waals surface area (Å²) in [6.07, 6.45) is 1.60. The first-order valence-electron chi connectivity index (χ1n) is 6.56. The van der Waals surface area contributed by atoms with Crippen molar-refractivity contribution in [2.24, 2.45) is 0 Å². The van der Waals surface area contributed by atoms with Crippen LogP contribution >= 0.6 is 0 Å². The first-order chi connectivity index (χ1) is 10.6. The number of ether oxygens (including phenoxy) is 2. The molecule has 0 aromatic carbocycles. The van der Waals surface area contributed by atoms with E-state index < -0.39 is 26.5 Å². The highest BCUT2D eigenvalue weighted by Crippen LogP contribution is 2.22. The van der Waals surface area contributed by atoms with Crippen LogP contribution < -0.4 is 0 Å². The highest BCUT2D eigenvalue weighted by molar-refractivity contribution is 6.62. The first kappa shape index (κ1) is 16.6. The zero-order valence-corrected chi connectivity index (χ0v) is 13.5. The molecule has 0 radical (unpaired) electrons. The van der Waals surface area contributed by atoms with Gasteiger partial charge in [-0.05, 0) is 12.1 Å². The van der Waals surface area contributed by atoms with E-state index in [9.17, 15) is 9.59 Å². The number of nitrogens with zero attached hydrogens (tertiary/aromatic N) is 1. The Bertz CT molecular complexity index is 553. The smallest absolute Gasteiger partial charge is 0.462 e. The van der Waals surface area contributed by atoms with Gasteiger partial charge in [0, 0.05) is 33.9 Å². The van der Waals surface area contributed by atoms with Gasteiger partial charge in [0.15, 0.2) is 11.4 Å². The molecule has 22 heavy (non-hydrogen) atoms. The SMILES string of the molecule is CO[Si](OC)(OC)C1CCOC(=O)c2cccnc2C(=O)O1. The fraction of sp³-hybridized carbons (Fsp3) is 0.462. The van der Waals surface area contributed by atoms with Crippen LogP contribution in [0.25, 0.3) is 0 Å². The van der Waals surface area contributed by atoms with E-state index in [0.29, 0.717) is 0 Å². The van der Waals surface area contributed by atoms with Crippen LogP contribution in [0.1, 0.15) is 27.3 Å². The number of rotatable bonds is 4. The van der Waals surface area contributed by atoms with Gasteiger partial charge in [-0.2, -0.15) is 0 Å². The predicted molar refractivity (Wildman–Crippen MR) is 75.1 cm³/mol. The van der Waals surface area contributed by atoms with E-state index in [1.165, 1.54) is 33.6 Å². The highest BCUT2D eigenvalue weighted by Gasteiger charge is 2.51. The average molecular weight is 327 g/mol. The average Bonchev–Trinajstić information content (AvgIpc) is 2.61. The number of hydrogen-bond donors (Lipinski definition) is 0. The maximum Gasteiger partial charge on any atom is 0.543 e. The van der Waals surface area contributed by atoms with Crippen molar-refractivity contribution in [2.75, 3.05) is 27.9 Å². The molecule has 2 rings (SSSR count). The highest BCUT2D eigenvalue weighted by atomic mass is 28.4. The van der Waals surface area contributed by atoms with Crippen LogP contribution in [0.5, 0.6) is 0 Å².